The summed E-state index contributed by atoms with van der Waals surface area (Å²) in [6.07, 6.45) is 0. The van der Waals surface area contributed by atoms with E-state index in [-0.39, 0.29) is 6.03 Å². The highest BCUT2D eigenvalue weighted by Gasteiger charge is 2.17. The van der Waals surface area contributed by atoms with Gasteiger partial charge in [-0.3, -0.25) is 0 Å². The second-order valence-electron chi connectivity index (χ2n) is 5.84. The number of benzene rings is 2. The molecule has 0 aliphatic carbocycles. The highest BCUT2D eigenvalue weighted by Crippen LogP contribution is 2.30. The summed E-state index contributed by atoms with van der Waals surface area (Å²) in [6.45, 7) is 2.50. The fraction of sp³-hybridized carbons (Fsp3) is 0.278. The second kappa shape index (κ2) is 5.59. The van der Waals surface area contributed by atoms with Crippen LogP contribution in [-0.4, -0.2) is 41.8 Å². The molecule has 0 atom stereocenters. The Morgan fingerprint density at radius 3 is 2.61 bits per heavy atom. The maximum absolute atomic E-state index is 12.3. The Kier molecular flexibility index (Phi) is 3.42. The lowest BCUT2D eigenvalue weighted by molar-refractivity contribution is 0.0564. The van der Waals surface area contributed by atoms with Crippen molar-refractivity contribution in [3.8, 4) is 0 Å². The van der Waals surface area contributed by atoms with Crippen LogP contribution >= 0.6 is 0 Å². The Balaban J connectivity index is 1.68. The molecule has 1 aromatic heterocycles. The molecule has 23 heavy (non-hydrogen) atoms. The molecule has 0 saturated carbocycles. The summed E-state index contributed by atoms with van der Waals surface area (Å²) >= 11 is 0. The molecule has 0 unspecified atom stereocenters. The maximum Gasteiger partial charge on any atom is 0.321 e. The number of morpholine rings is 1. The normalized spacial score (nSPS) is 15.3. The Morgan fingerprint density at radius 1 is 1.04 bits per heavy atom. The maximum atomic E-state index is 12.3. The number of carbonyl (C=O) groups is 1. The van der Waals surface area contributed by atoms with E-state index >= 15 is 0 Å². The third kappa shape index (κ3) is 2.43. The van der Waals surface area contributed by atoms with Gasteiger partial charge in [0.05, 0.1) is 13.2 Å². The number of ether oxygens (including phenoxy) is 1. The van der Waals surface area contributed by atoms with Gasteiger partial charge >= 0.3 is 6.03 Å². The number of amides is 2. The first kappa shape index (κ1) is 14.1. The van der Waals surface area contributed by atoms with E-state index in [1.807, 2.05) is 18.2 Å². The number of rotatable bonds is 1. The third-order valence-electron chi connectivity index (χ3n) is 4.46. The lowest BCUT2D eigenvalue weighted by Crippen LogP contribution is -2.43. The van der Waals surface area contributed by atoms with E-state index in [2.05, 4.69) is 41.2 Å². The van der Waals surface area contributed by atoms with Gasteiger partial charge in [-0.15, -0.1) is 0 Å². The SMILES string of the molecule is Cn1c2ccccc2c2cc(NC(=O)N3CCOCC3)ccc21. The fourth-order valence-corrected chi connectivity index (χ4v) is 3.21. The van der Waals surface area contributed by atoms with Crippen molar-refractivity contribution in [2.24, 2.45) is 7.05 Å². The summed E-state index contributed by atoms with van der Waals surface area (Å²) in [5.41, 5.74) is 3.18. The smallest absolute Gasteiger partial charge is 0.321 e. The highest BCUT2D eigenvalue weighted by molar-refractivity contribution is 6.09. The number of hydrogen-bond donors (Lipinski definition) is 1. The zero-order valence-corrected chi connectivity index (χ0v) is 13.1. The van der Waals surface area contributed by atoms with Gasteiger partial charge in [0.15, 0.2) is 0 Å². The topological polar surface area (TPSA) is 46.5 Å². The Morgan fingerprint density at radius 2 is 1.78 bits per heavy atom. The van der Waals surface area contributed by atoms with E-state index in [4.69, 9.17) is 4.74 Å². The highest BCUT2D eigenvalue weighted by atomic mass is 16.5. The van der Waals surface area contributed by atoms with E-state index in [1.165, 1.54) is 10.9 Å². The van der Waals surface area contributed by atoms with E-state index in [9.17, 15) is 4.79 Å². The Labute approximate surface area is 134 Å². The van der Waals surface area contributed by atoms with Crippen molar-refractivity contribution in [1.82, 2.24) is 9.47 Å². The van der Waals surface area contributed by atoms with Gasteiger partial charge < -0.3 is 19.5 Å². The summed E-state index contributed by atoms with van der Waals surface area (Å²) < 4.78 is 7.46. The number of urea groups is 1. The largest absolute Gasteiger partial charge is 0.378 e. The monoisotopic (exact) mass is 309 g/mol. The van der Waals surface area contributed by atoms with Crippen molar-refractivity contribution < 1.29 is 9.53 Å². The molecule has 1 aliphatic heterocycles. The Bertz CT molecular complexity index is 878. The minimum atomic E-state index is -0.0621. The van der Waals surface area contributed by atoms with Crippen LogP contribution in [0.15, 0.2) is 42.5 Å². The van der Waals surface area contributed by atoms with Gasteiger partial charge in [-0.25, -0.2) is 4.79 Å². The quantitative estimate of drug-likeness (QED) is 0.750. The number of aromatic nitrogens is 1. The molecule has 5 nitrogen and oxygen atoms in total. The van der Waals surface area contributed by atoms with Crippen LogP contribution in [-0.2, 0) is 11.8 Å². The van der Waals surface area contributed by atoms with Gasteiger partial charge in [0.1, 0.15) is 0 Å². The summed E-state index contributed by atoms with van der Waals surface area (Å²) in [5, 5.41) is 5.36. The molecule has 1 N–H and O–H groups in total. The molecule has 2 aromatic carbocycles. The van der Waals surface area contributed by atoms with E-state index in [0.29, 0.717) is 26.3 Å². The third-order valence-corrected chi connectivity index (χ3v) is 4.46. The van der Waals surface area contributed by atoms with E-state index in [1.54, 1.807) is 4.90 Å². The van der Waals surface area contributed by atoms with Gasteiger partial charge in [0.25, 0.3) is 0 Å². The first-order valence-electron chi connectivity index (χ1n) is 7.85. The predicted octanol–water partition coefficient (Wildman–Crippen LogP) is 3.20. The van der Waals surface area contributed by atoms with Gasteiger partial charge in [-0.2, -0.15) is 0 Å². The van der Waals surface area contributed by atoms with Crippen LogP contribution in [0, 0.1) is 0 Å². The fourth-order valence-electron chi connectivity index (χ4n) is 3.21. The van der Waals surface area contributed by atoms with Crippen LogP contribution in [0.3, 0.4) is 0 Å². The van der Waals surface area contributed by atoms with Gasteiger partial charge in [-0.1, -0.05) is 18.2 Å². The van der Waals surface area contributed by atoms with Crippen molar-refractivity contribution in [1.29, 1.82) is 0 Å². The second-order valence-corrected chi connectivity index (χ2v) is 5.84. The number of carbonyl (C=O) groups excluding carboxylic acids is 1. The summed E-state index contributed by atoms with van der Waals surface area (Å²) in [6, 6.07) is 14.3. The summed E-state index contributed by atoms with van der Waals surface area (Å²) in [5.74, 6) is 0. The molecule has 4 rings (SSSR count). The molecule has 0 bridgehead atoms. The molecule has 0 spiro atoms. The van der Waals surface area contributed by atoms with Crippen molar-refractivity contribution in [3.63, 3.8) is 0 Å². The predicted molar refractivity (Wildman–Crippen MR) is 91.8 cm³/mol. The van der Waals surface area contributed by atoms with Crippen LogP contribution in [0.5, 0.6) is 0 Å². The van der Waals surface area contributed by atoms with Crippen molar-refractivity contribution in [2.75, 3.05) is 31.6 Å². The van der Waals surface area contributed by atoms with Crippen LogP contribution in [0.25, 0.3) is 21.8 Å². The number of nitrogens with one attached hydrogen (secondary N) is 1. The first-order valence-corrected chi connectivity index (χ1v) is 7.85. The average molecular weight is 309 g/mol. The lowest BCUT2D eigenvalue weighted by Gasteiger charge is -2.26. The van der Waals surface area contributed by atoms with E-state index < -0.39 is 0 Å². The van der Waals surface area contributed by atoms with Crippen LogP contribution < -0.4 is 5.32 Å². The minimum Gasteiger partial charge on any atom is -0.378 e. The number of hydrogen-bond acceptors (Lipinski definition) is 2. The standard InChI is InChI=1S/C18H19N3O2/c1-20-16-5-3-2-4-14(16)15-12-13(6-7-17(15)20)19-18(22)21-8-10-23-11-9-21/h2-7,12H,8-11H2,1H3,(H,19,22). The van der Waals surface area contributed by atoms with Crippen molar-refractivity contribution >= 4 is 33.5 Å². The van der Waals surface area contributed by atoms with Crippen LogP contribution in [0.2, 0.25) is 0 Å². The average Bonchev–Trinajstić information content (AvgIpc) is 2.89. The molecule has 3 aromatic rings. The lowest BCUT2D eigenvalue weighted by atomic mass is 10.1. The summed E-state index contributed by atoms with van der Waals surface area (Å²) in [7, 11) is 2.07. The zero-order chi connectivity index (χ0) is 15.8. The number of nitrogens with zero attached hydrogens (tertiary/aromatic N) is 2. The Hall–Kier alpha value is -2.53. The zero-order valence-electron chi connectivity index (χ0n) is 13.1. The van der Waals surface area contributed by atoms with Crippen molar-refractivity contribution in [2.45, 2.75) is 0 Å². The van der Waals surface area contributed by atoms with Gasteiger partial charge in [-0.05, 0) is 24.3 Å². The number of anilines is 1. The molecule has 1 fully saturated rings. The molecule has 5 heteroatoms. The van der Waals surface area contributed by atoms with E-state index in [0.717, 1.165) is 16.6 Å². The molecule has 2 amide bonds. The number of aryl methyl sites for hydroxylation is 1. The molecular formula is C18H19N3O2. The first-order chi connectivity index (χ1) is 11.2. The molecule has 1 saturated heterocycles. The number of para-hydroxylation sites is 1. The molecule has 0 radical (unpaired) electrons. The molecule has 1 aliphatic rings. The molecule has 118 valence electrons. The minimum absolute atomic E-state index is 0.0621. The molecular weight excluding hydrogens is 290 g/mol. The van der Waals surface area contributed by atoms with Crippen LogP contribution in [0.1, 0.15) is 0 Å². The summed E-state index contributed by atoms with van der Waals surface area (Å²) in [4.78, 5) is 14.1. The molecule has 2 heterocycles. The number of fused-ring (bicyclic) bond motifs is 3. The van der Waals surface area contributed by atoms with Crippen molar-refractivity contribution in [3.05, 3.63) is 42.5 Å². The van der Waals surface area contributed by atoms with Gasteiger partial charge in [0, 0.05) is 47.6 Å². The van der Waals surface area contributed by atoms with Crippen LogP contribution in [0.4, 0.5) is 10.5 Å². The van der Waals surface area contributed by atoms with Gasteiger partial charge in [0.2, 0.25) is 0 Å².